The highest BCUT2D eigenvalue weighted by atomic mass is 19.1. The second-order valence-corrected chi connectivity index (χ2v) is 4.18. The first kappa shape index (κ1) is 10.8. The Hall–Kier alpha value is -2.36. The van der Waals surface area contributed by atoms with Gasteiger partial charge in [0.05, 0.1) is 5.69 Å². The fourth-order valence-corrected chi connectivity index (χ4v) is 1.89. The first-order chi connectivity index (χ1) is 8.65. The van der Waals surface area contributed by atoms with E-state index in [4.69, 9.17) is 10.2 Å². The number of nitrogens with zero attached hydrogens (tertiary/aromatic N) is 1. The topological polar surface area (TPSA) is 52.0 Å². The normalized spacial score (nSPS) is 11.0. The predicted octanol–water partition coefficient (Wildman–Crippen LogP) is 3.52. The molecule has 18 heavy (non-hydrogen) atoms. The molecule has 0 amide bonds. The summed E-state index contributed by atoms with van der Waals surface area (Å²) in [5, 5.41) is 0. The summed E-state index contributed by atoms with van der Waals surface area (Å²) in [5.41, 5.74) is 8.87. The van der Waals surface area contributed by atoms with Gasteiger partial charge in [-0.15, -0.1) is 0 Å². The zero-order valence-corrected chi connectivity index (χ0v) is 9.77. The van der Waals surface area contributed by atoms with Crippen LogP contribution < -0.4 is 5.73 Å². The van der Waals surface area contributed by atoms with Gasteiger partial charge < -0.3 is 10.2 Å². The predicted molar refractivity (Wildman–Crippen MR) is 68.6 cm³/mol. The summed E-state index contributed by atoms with van der Waals surface area (Å²) >= 11 is 0. The maximum absolute atomic E-state index is 13.1. The van der Waals surface area contributed by atoms with Gasteiger partial charge in [-0.25, -0.2) is 9.37 Å². The minimum absolute atomic E-state index is 0.0893. The molecule has 0 bridgehead atoms. The van der Waals surface area contributed by atoms with Gasteiger partial charge in [-0.3, -0.25) is 0 Å². The van der Waals surface area contributed by atoms with Gasteiger partial charge in [0.2, 0.25) is 5.89 Å². The van der Waals surface area contributed by atoms with Crippen molar-refractivity contribution in [3.63, 3.8) is 0 Å². The number of oxazole rings is 1. The molecule has 90 valence electrons. The molecule has 2 N–H and O–H groups in total. The molecule has 3 rings (SSSR count). The largest absolute Gasteiger partial charge is 0.436 e. The summed E-state index contributed by atoms with van der Waals surface area (Å²) in [6, 6.07) is 10.2. The van der Waals surface area contributed by atoms with E-state index in [0.717, 1.165) is 11.1 Å². The highest BCUT2D eigenvalue weighted by molar-refractivity contribution is 5.79. The van der Waals surface area contributed by atoms with Crippen LogP contribution in [-0.2, 0) is 0 Å². The molecule has 0 aliphatic carbocycles. The Bertz CT molecular complexity index is 734. The maximum atomic E-state index is 13.1. The van der Waals surface area contributed by atoms with Gasteiger partial charge in [-0.2, -0.15) is 0 Å². The minimum atomic E-state index is -0.439. The van der Waals surface area contributed by atoms with Crippen LogP contribution in [0.4, 0.5) is 10.1 Å². The van der Waals surface area contributed by atoms with E-state index in [2.05, 4.69) is 4.98 Å². The number of nitrogen functional groups attached to an aromatic ring is 1. The van der Waals surface area contributed by atoms with Crippen molar-refractivity contribution in [3.05, 3.63) is 47.8 Å². The fraction of sp³-hybridized carbons (Fsp3) is 0.0714. The molecule has 3 nitrogen and oxygen atoms in total. The van der Waals surface area contributed by atoms with E-state index in [1.165, 1.54) is 12.1 Å². The molecule has 0 atom stereocenters. The van der Waals surface area contributed by atoms with Crippen LogP contribution in [-0.4, -0.2) is 4.98 Å². The Morgan fingerprint density at radius 3 is 2.78 bits per heavy atom. The lowest BCUT2D eigenvalue weighted by Crippen LogP contribution is -1.90. The third kappa shape index (κ3) is 1.62. The maximum Gasteiger partial charge on any atom is 0.227 e. The summed E-state index contributed by atoms with van der Waals surface area (Å²) in [5.74, 6) is 0.0111. The van der Waals surface area contributed by atoms with Crippen molar-refractivity contribution in [3.8, 4) is 11.5 Å². The smallest absolute Gasteiger partial charge is 0.227 e. The van der Waals surface area contributed by atoms with Crippen molar-refractivity contribution in [2.24, 2.45) is 0 Å². The number of benzene rings is 2. The van der Waals surface area contributed by atoms with E-state index in [1.807, 2.05) is 25.1 Å². The number of halogens is 1. The van der Waals surface area contributed by atoms with Crippen molar-refractivity contribution in [2.45, 2.75) is 6.92 Å². The van der Waals surface area contributed by atoms with Crippen LogP contribution in [0.2, 0.25) is 0 Å². The Kier molecular flexibility index (Phi) is 2.30. The summed E-state index contributed by atoms with van der Waals surface area (Å²) < 4.78 is 18.7. The van der Waals surface area contributed by atoms with E-state index < -0.39 is 5.82 Å². The first-order valence-electron chi connectivity index (χ1n) is 5.57. The van der Waals surface area contributed by atoms with E-state index in [1.54, 1.807) is 6.07 Å². The van der Waals surface area contributed by atoms with E-state index >= 15 is 0 Å². The fourth-order valence-electron chi connectivity index (χ4n) is 1.89. The number of para-hydroxylation sites is 1. The van der Waals surface area contributed by atoms with E-state index in [-0.39, 0.29) is 5.69 Å². The lowest BCUT2D eigenvalue weighted by molar-refractivity contribution is 0.617. The molecule has 0 radical (unpaired) electrons. The summed E-state index contributed by atoms with van der Waals surface area (Å²) in [6.07, 6.45) is 0. The third-order valence-electron chi connectivity index (χ3n) is 2.86. The number of anilines is 1. The van der Waals surface area contributed by atoms with Gasteiger partial charge in [0, 0.05) is 5.56 Å². The quantitative estimate of drug-likeness (QED) is 0.664. The molecule has 0 saturated carbocycles. The SMILES string of the molecule is Cc1cccc2oc(-c3ccc(F)c(N)c3)nc12. The van der Waals surface area contributed by atoms with Crippen molar-refractivity contribution in [2.75, 3.05) is 5.73 Å². The van der Waals surface area contributed by atoms with Gasteiger partial charge >= 0.3 is 0 Å². The molecule has 0 saturated heterocycles. The highest BCUT2D eigenvalue weighted by Crippen LogP contribution is 2.27. The highest BCUT2D eigenvalue weighted by Gasteiger charge is 2.10. The van der Waals surface area contributed by atoms with Gasteiger partial charge in [0.15, 0.2) is 5.58 Å². The van der Waals surface area contributed by atoms with Crippen molar-refractivity contribution in [1.29, 1.82) is 0 Å². The standard InChI is InChI=1S/C14H11FN2O/c1-8-3-2-4-12-13(8)17-14(18-12)9-5-6-10(15)11(16)7-9/h2-7H,16H2,1H3. The van der Waals surface area contributed by atoms with Crippen molar-refractivity contribution >= 4 is 16.8 Å². The number of hydrogen-bond donors (Lipinski definition) is 1. The Morgan fingerprint density at radius 1 is 1.22 bits per heavy atom. The van der Waals surface area contributed by atoms with Crippen LogP contribution in [0.25, 0.3) is 22.6 Å². The van der Waals surface area contributed by atoms with Crippen LogP contribution in [0.5, 0.6) is 0 Å². The lowest BCUT2D eigenvalue weighted by Gasteiger charge is -1.98. The number of aromatic nitrogens is 1. The molecule has 0 aliphatic rings. The van der Waals surface area contributed by atoms with Gasteiger partial charge in [0.1, 0.15) is 11.3 Å². The van der Waals surface area contributed by atoms with Crippen LogP contribution in [0.3, 0.4) is 0 Å². The zero-order valence-electron chi connectivity index (χ0n) is 9.77. The molecule has 0 spiro atoms. The molecule has 1 heterocycles. The molecule has 4 heteroatoms. The second-order valence-electron chi connectivity index (χ2n) is 4.18. The van der Waals surface area contributed by atoms with Gasteiger partial charge in [0.25, 0.3) is 0 Å². The average Bonchev–Trinajstić information content (AvgIpc) is 2.78. The number of hydrogen-bond acceptors (Lipinski definition) is 3. The molecular weight excluding hydrogens is 231 g/mol. The second kappa shape index (κ2) is 3.84. The zero-order chi connectivity index (χ0) is 12.7. The van der Waals surface area contributed by atoms with Crippen LogP contribution >= 0.6 is 0 Å². The number of aryl methyl sites for hydroxylation is 1. The Labute approximate surface area is 103 Å². The first-order valence-corrected chi connectivity index (χ1v) is 5.57. The third-order valence-corrected chi connectivity index (χ3v) is 2.86. The molecular formula is C14H11FN2O. The van der Waals surface area contributed by atoms with Gasteiger partial charge in [-0.05, 0) is 36.8 Å². The average molecular weight is 242 g/mol. The Morgan fingerprint density at radius 2 is 2.06 bits per heavy atom. The van der Waals surface area contributed by atoms with Crippen LogP contribution in [0, 0.1) is 12.7 Å². The molecule has 1 aromatic heterocycles. The van der Waals surface area contributed by atoms with E-state index in [0.29, 0.717) is 17.0 Å². The van der Waals surface area contributed by atoms with Crippen molar-refractivity contribution < 1.29 is 8.81 Å². The molecule has 0 fully saturated rings. The number of rotatable bonds is 1. The Balaban J connectivity index is 2.19. The molecule has 0 aliphatic heterocycles. The molecule has 3 aromatic rings. The molecule has 0 unspecified atom stereocenters. The number of fused-ring (bicyclic) bond motifs is 1. The van der Waals surface area contributed by atoms with Gasteiger partial charge in [-0.1, -0.05) is 12.1 Å². The summed E-state index contributed by atoms with van der Waals surface area (Å²) in [7, 11) is 0. The lowest BCUT2D eigenvalue weighted by atomic mass is 10.2. The van der Waals surface area contributed by atoms with Crippen LogP contribution in [0.15, 0.2) is 40.8 Å². The minimum Gasteiger partial charge on any atom is -0.436 e. The van der Waals surface area contributed by atoms with E-state index in [9.17, 15) is 4.39 Å². The summed E-state index contributed by atoms with van der Waals surface area (Å²) in [6.45, 7) is 1.97. The summed E-state index contributed by atoms with van der Waals surface area (Å²) in [4.78, 5) is 4.41. The van der Waals surface area contributed by atoms with Crippen LogP contribution in [0.1, 0.15) is 5.56 Å². The van der Waals surface area contributed by atoms with Crippen molar-refractivity contribution in [1.82, 2.24) is 4.98 Å². The molecule has 2 aromatic carbocycles. The monoisotopic (exact) mass is 242 g/mol. The number of nitrogens with two attached hydrogens (primary N) is 1.